The second-order valence-corrected chi connectivity index (χ2v) is 3.84. The molecular formula is C9H19NO2. The summed E-state index contributed by atoms with van der Waals surface area (Å²) >= 11 is 0. The number of rotatable bonds is 4. The zero-order valence-corrected chi connectivity index (χ0v) is 8.68. The first-order chi connectivity index (χ1) is 5.40. The molecule has 0 saturated heterocycles. The Bertz CT molecular complexity index is 153. The summed E-state index contributed by atoms with van der Waals surface area (Å²) in [5.74, 6) is -0.126. The Labute approximate surface area is 74.7 Å². The molecule has 12 heavy (non-hydrogen) atoms. The van der Waals surface area contributed by atoms with Crippen molar-refractivity contribution in [1.82, 2.24) is 4.90 Å². The molecule has 0 aliphatic carbocycles. The fraction of sp³-hybridized carbons (Fsp3) is 0.889. The van der Waals surface area contributed by atoms with Crippen LogP contribution in [0.25, 0.3) is 0 Å². The molecule has 0 aliphatic rings. The molecule has 0 rings (SSSR count). The summed E-state index contributed by atoms with van der Waals surface area (Å²) in [5.41, 5.74) is -0.403. The van der Waals surface area contributed by atoms with E-state index in [0.717, 1.165) is 0 Å². The quantitative estimate of drug-likeness (QED) is 0.597. The smallest absolute Gasteiger partial charge is 0.312 e. The molecule has 0 bridgehead atoms. The summed E-state index contributed by atoms with van der Waals surface area (Å²) in [4.78, 5) is 13.3. The number of hydrogen-bond acceptors (Lipinski definition) is 3. The van der Waals surface area contributed by atoms with Crippen molar-refractivity contribution in [3.63, 3.8) is 0 Å². The highest BCUT2D eigenvalue weighted by Crippen LogP contribution is 2.17. The van der Waals surface area contributed by atoms with Crippen LogP contribution in [0, 0.1) is 5.41 Å². The number of nitrogens with zero attached hydrogens (tertiary/aromatic N) is 1. The van der Waals surface area contributed by atoms with Gasteiger partial charge >= 0.3 is 5.97 Å². The molecular weight excluding hydrogens is 154 g/mol. The highest BCUT2D eigenvalue weighted by Gasteiger charge is 2.29. The van der Waals surface area contributed by atoms with Crippen molar-refractivity contribution in [2.24, 2.45) is 5.41 Å². The van der Waals surface area contributed by atoms with Crippen molar-refractivity contribution >= 4 is 5.97 Å². The minimum absolute atomic E-state index is 0.126. The van der Waals surface area contributed by atoms with Crippen LogP contribution in [-0.2, 0) is 9.53 Å². The summed E-state index contributed by atoms with van der Waals surface area (Å²) < 4.78 is 4.94. The molecule has 0 saturated carbocycles. The third-order valence-corrected chi connectivity index (χ3v) is 1.54. The van der Waals surface area contributed by atoms with Crippen LogP contribution in [0.2, 0.25) is 0 Å². The van der Waals surface area contributed by atoms with E-state index in [1.54, 1.807) is 0 Å². The lowest BCUT2D eigenvalue weighted by Gasteiger charge is -2.25. The second-order valence-electron chi connectivity index (χ2n) is 3.84. The van der Waals surface area contributed by atoms with Gasteiger partial charge in [0.15, 0.2) is 0 Å². The monoisotopic (exact) mass is 173 g/mol. The van der Waals surface area contributed by atoms with Crippen molar-refractivity contribution in [2.75, 3.05) is 27.2 Å². The van der Waals surface area contributed by atoms with E-state index in [0.29, 0.717) is 13.2 Å². The van der Waals surface area contributed by atoms with Crippen molar-refractivity contribution in [3.8, 4) is 0 Å². The molecule has 0 radical (unpaired) electrons. The maximum atomic E-state index is 11.4. The molecule has 72 valence electrons. The Kier molecular flexibility index (Phi) is 4.24. The van der Waals surface area contributed by atoms with Gasteiger partial charge in [-0.15, -0.1) is 0 Å². The van der Waals surface area contributed by atoms with E-state index in [4.69, 9.17) is 4.74 Å². The first-order valence-electron chi connectivity index (χ1n) is 4.22. The number of ether oxygens (including phenoxy) is 1. The van der Waals surface area contributed by atoms with Gasteiger partial charge < -0.3 is 9.64 Å². The largest absolute Gasteiger partial charge is 0.466 e. The molecule has 0 aromatic heterocycles. The summed E-state index contributed by atoms with van der Waals surface area (Å²) in [6.45, 7) is 6.78. The summed E-state index contributed by atoms with van der Waals surface area (Å²) in [7, 11) is 3.89. The van der Waals surface area contributed by atoms with Gasteiger partial charge in [0.05, 0.1) is 12.0 Å². The molecule has 3 nitrogen and oxygen atoms in total. The maximum Gasteiger partial charge on any atom is 0.312 e. The topological polar surface area (TPSA) is 29.5 Å². The van der Waals surface area contributed by atoms with E-state index in [1.807, 2.05) is 39.8 Å². The van der Waals surface area contributed by atoms with E-state index in [-0.39, 0.29) is 5.97 Å². The van der Waals surface area contributed by atoms with Crippen molar-refractivity contribution in [3.05, 3.63) is 0 Å². The van der Waals surface area contributed by atoms with Crippen LogP contribution in [-0.4, -0.2) is 38.1 Å². The van der Waals surface area contributed by atoms with Crippen LogP contribution in [0.3, 0.4) is 0 Å². The fourth-order valence-corrected chi connectivity index (χ4v) is 1.18. The van der Waals surface area contributed by atoms with E-state index >= 15 is 0 Å². The molecule has 0 amide bonds. The lowest BCUT2D eigenvalue weighted by atomic mass is 9.93. The van der Waals surface area contributed by atoms with Crippen LogP contribution in [0.1, 0.15) is 20.8 Å². The number of carbonyl (C=O) groups is 1. The van der Waals surface area contributed by atoms with Crippen LogP contribution in [0.4, 0.5) is 0 Å². The van der Waals surface area contributed by atoms with Gasteiger partial charge in [0.2, 0.25) is 0 Å². The van der Waals surface area contributed by atoms with Crippen molar-refractivity contribution < 1.29 is 9.53 Å². The zero-order valence-electron chi connectivity index (χ0n) is 8.68. The van der Waals surface area contributed by atoms with Crippen LogP contribution < -0.4 is 0 Å². The normalized spacial score (nSPS) is 11.8. The first-order valence-corrected chi connectivity index (χ1v) is 4.22. The Morgan fingerprint density at radius 3 is 2.25 bits per heavy atom. The van der Waals surface area contributed by atoms with Gasteiger partial charge in [-0.05, 0) is 34.9 Å². The van der Waals surface area contributed by atoms with Gasteiger partial charge in [-0.3, -0.25) is 4.79 Å². The molecule has 0 atom stereocenters. The second kappa shape index (κ2) is 4.45. The molecule has 3 heteroatoms. The van der Waals surface area contributed by atoms with E-state index in [1.165, 1.54) is 0 Å². The lowest BCUT2D eigenvalue weighted by Crippen LogP contribution is -2.36. The molecule has 0 heterocycles. The van der Waals surface area contributed by atoms with E-state index in [2.05, 4.69) is 0 Å². The van der Waals surface area contributed by atoms with Crippen molar-refractivity contribution in [1.29, 1.82) is 0 Å². The van der Waals surface area contributed by atoms with Gasteiger partial charge in [-0.25, -0.2) is 0 Å². The van der Waals surface area contributed by atoms with Gasteiger partial charge in [-0.1, -0.05) is 0 Å². The predicted molar refractivity (Wildman–Crippen MR) is 49.0 cm³/mol. The molecule has 0 fully saturated rings. The van der Waals surface area contributed by atoms with Gasteiger partial charge in [0.25, 0.3) is 0 Å². The summed E-state index contributed by atoms with van der Waals surface area (Å²) in [6.07, 6.45) is 0. The minimum Gasteiger partial charge on any atom is -0.466 e. The Morgan fingerprint density at radius 2 is 1.92 bits per heavy atom. The summed E-state index contributed by atoms with van der Waals surface area (Å²) in [5, 5.41) is 0. The molecule has 0 aromatic carbocycles. The SMILES string of the molecule is CCOC(=O)C(C)(C)CN(C)C. The number of hydrogen-bond donors (Lipinski definition) is 0. The van der Waals surface area contributed by atoms with Crippen molar-refractivity contribution in [2.45, 2.75) is 20.8 Å². The Balaban J connectivity index is 4.09. The standard InChI is InChI=1S/C9H19NO2/c1-6-12-8(11)9(2,3)7-10(4)5/h6-7H2,1-5H3. The Hall–Kier alpha value is -0.570. The molecule has 0 unspecified atom stereocenters. The van der Waals surface area contributed by atoms with E-state index in [9.17, 15) is 4.79 Å². The van der Waals surface area contributed by atoms with Crippen LogP contribution >= 0.6 is 0 Å². The predicted octanol–water partition coefficient (Wildman–Crippen LogP) is 1.14. The highest BCUT2D eigenvalue weighted by molar-refractivity contribution is 5.76. The summed E-state index contributed by atoms with van der Waals surface area (Å²) in [6, 6.07) is 0. The molecule has 0 spiro atoms. The molecule has 0 N–H and O–H groups in total. The fourth-order valence-electron chi connectivity index (χ4n) is 1.18. The highest BCUT2D eigenvalue weighted by atomic mass is 16.5. The van der Waals surface area contributed by atoms with Gasteiger partial charge in [0, 0.05) is 6.54 Å². The van der Waals surface area contributed by atoms with Crippen LogP contribution in [0.5, 0.6) is 0 Å². The zero-order chi connectivity index (χ0) is 9.78. The average Bonchev–Trinajstić information content (AvgIpc) is 1.85. The minimum atomic E-state index is -0.403. The third-order valence-electron chi connectivity index (χ3n) is 1.54. The number of esters is 1. The first kappa shape index (κ1) is 11.4. The van der Waals surface area contributed by atoms with Gasteiger partial charge in [-0.2, -0.15) is 0 Å². The Morgan fingerprint density at radius 1 is 1.42 bits per heavy atom. The third kappa shape index (κ3) is 3.72. The lowest BCUT2D eigenvalue weighted by molar-refractivity contribution is -0.154. The van der Waals surface area contributed by atoms with Gasteiger partial charge in [0.1, 0.15) is 0 Å². The maximum absolute atomic E-state index is 11.4. The van der Waals surface area contributed by atoms with E-state index < -0.39 is 5.41 Å². The molecule has 0 aromatic rings. The van der Waals surface area contributed by atoms with Crippen LogP contribution in [0.15, 0.2) is 0 Å². The average molecular weight is 173 g/mol. The molecule has 0 aliphatic heterocycles. The number of carbonyl (C=O) groups excluding carboxylic acids is 1.